The van der Waals surface area contributed by atoms with E-state index in [9.17, 15) is 8.78 Å². The summed E-state index contributed by atoms with van der Waals surface area (Å²) in [5, 5.41) is 4.20. The number of nitrogens with zero attached hydrogens (tertiary/aromatic N) is 3. The Morgan fingerprint density at radius 1 is 1.19 bits per heavy atom. The van der Waals surface area contributed by atoms with Gasteiger partial charge in [0.1, 0.15) is 11.6 Å². The van der Waals surface area contributed by atoms with Crippen molar-refractivity contribution < 1.29 is 8.78 Å². The number of fused-ring (bicyclic) bond motifs is 1. The summed E-state index contributed by atoms with van der Waals surface area (Å²) in [6, 6.07) is 12.1. The first-order valence-corrected chi connectivity index (χ1v) is 9.41. The molecular weight excluding hydrogens is 352 g/mol. The third-order valence-electron chi connectivity index (χ3n) is 4.58. The Kier molecular flexibility index (Phi) is 4.68. The second-order valence-electron chi connectivity index (χ2n) is 6.47. The number of hydrogen-bond donors (Lipinski definition) is 0. The van der Waals surface area contributed by atoms with Gasteiger partial charge in [-0.3, -0.25) is 4.68 Å². The molecule has 0 fully saturated rings. The fourth-order valence-corrected chi connectivity index (χ4v) is 4.67. The third kappa shape index (κ3) is 3.46. The van der Waals surface area contributed by atoms with Gasteiger partial charge in [0, 0.05) is 53.7 Å². The summed E-state index contributed by atoms with van der Waals surface area (Å²) >= 11 is 1.65. The van der Waals surface area contributed by atoms with Gasteiger partial charge in [-0.05, 0) is 24.6 Å². The molecule has 0 amide bonds. The van der Waals surface area contributed by atoms with Crippen molar-refractivity contribution in [2.75, 3.05) is 11.4 Å². The highest BCUT2D eigenvalue weighted by molar-refractivity contribution is 7.99. The van der Waals surface area contributed by atoms with Crippen LogP contribution in [0.15, 0.2) is 59.8 Å². The van der Waals surface area contributed by atoms with Gasteiger partial charge in [-0.1, -0.05) is 18.2 Å². The Labute approximate surface area is 155 Å². The van der Waals surface area contributed by atoms with E-state index in [0.29, 0.717) is 5.56 Å². The fourth-order valence-electron chi connectivity index (χ4n) is 3.34. The molecule has 1 atom stereocenters. The average molecular weight is 371 g/mol. The second-order valence-corrected chi connectivity index (χ2v) is 7.72. The molecule has 1 aliphatic rings. The topological polar surface area (TPSA) is 21.1 Å². The molecule has 3 aromatic rings. The number of aryl methyl sites for hydroxylation is 1. The number of para-hydroxylation sites is 1. The van der Waals surface area contributed by atoms with Gasteiger partial charge in [0.2, 0.25) is 0 Å². The predicted octanol–water partition coefficient (Wildman–Crippen LogP) is 4.94. The van der Waals surface area contributed by atoms with Crippen LogP contribution in [0, 0.1) is 11.6 Å². The molecule has 0 saturated carbocycles. The molecule has 2 heterocycles. The molecule has 0 spiro atoms. The van der Waals surface area contributed by atoms with Crippen molar-refractivity contribution >= 4 is 17.4 Å². The lowest BCUT2D eigenvalue weighted by Gasteiger charge is -2.24. The Morgan fingerprint density at radius 2 is 2.04 bits per heavy atom. The normalized spacial score (nSPS) is 17.0. The number of thioether (sulfide) groups is 1. The Balaban J connectivity index is 1.65. The first kappa shape index (κ1) is 17.1. The first-order valence-electron chi connectivity index (χ1n) is 8.53. The van der Waals surface area contributed by atoms with Crippen LogP contribution >= 0.6 is 11.8 Å². The van der Waals surface area contributed by atoms with Crippen LogP contribution in [0.1, 0.15) is 22.8 Å². The Bertz CT molecular complexity index is 925. The highest BCUT2D eigenvalue weighted by atomic mass is 32.2. The van der Waals surface area contributed by atoms with E-state index >= 15 is 0 Å². The largest absolute Gasteiger partial charge is 0.366 e. The molecule has 1 unspecified atom stereocenters. The summed E-state index contributed by atoms with van der Waals surface area (Å²) < 4.78 is 29.4. The van der Waals surface area contributed by atoms with Crippen molar-refractivity contribution in [3.05, 3.63) is 77.6 Å². The molecule has 1 aromatic heterocycles. The minimum absolute atomic E-state index is 0.0457. The van der Waals surface area contributed by atoms with Crippen molar-refractivity contribution in [3.8, 4) is 0 Å². The van der Waals surface area contributed by atoms with Gasteiger partial charge in [-0.25, -0.2) is 8.78 Å². The molecule has 134 valence electrons. The van der Waals surface area contributed by atoms with Crippen LogP contribution in [0.3, 0.4) is 0 Å². The van der Waals surface area contributed by atoms with Crippen molar-refractivity contribution in [3.63, 3.8) is 0 Å². The molecule has 0 saturated heterocycles. The van der Waals surface area contributed by atoms with Crippen LogP contribution < -0.4 is 4.90 Å². The quantitative estimate of drug-likeness (QED) is 0.651. The maximum Gasteiger partial charge on any atom is 0.130 e. The van der Waals surface area contributed by atoms with Gasteiger partial charge in [0.25, 0.3) is 0 Å². The molecule has 0 radical (unpaired) electrons. The summed E-state index contributed by atoms with van der Waals surface area (Å²) in [5.74, 6) is -1.01. The number of aromatic nitrogens is 2. The number of rotatable bonds is 3. The lowest BCUT2D eigenvalue weighted by Crippen LogP contribution is -2.23. The number of halogens is 2. The van der Waals surface area contributed by atoms with Gasteiger partial charge in [-0.15, -0.1) is 11.8 Å². The van der Waals surface area contributed by atoms with Crippen LogP contribution in [0.2, 0.25) is 0 Å². The molecule has 3 nitrogen and oxygen atoms in total. The maximum absolute atomic E-state index is 14.3. The molecule has 26 heavy (non-hydrogen) atoms. The van der Waals surface area contributed by atoms with E-state index in [4.69, 9.17) is 0 Å². The summed E-state index contributed by atoms with van der Waals surface area (Å²) in [6.45, 7) is 1.55. The van der Waals surface area contributed by atoms with Crippen LogP contribution in [-0.2, 0) is 13.6 Å². The summed E-state index contributed by atoms with van der Waals surface area (Å²) in [7, 11) is 1.91. The van der Waals surface area contributed by atoms with Crippen molar-refractivity contribution in [2.45, 2.75) is 23.1 Å². The highest BCUT2D eigenvalue weighted by Gasteiger charge is 2.25. The molecule has 4 rings (SSSR count). The number of anilines is 1. The SMILES string of the molecule is Cn1cc(CN2CCC(c3ccc(F)cc3F)Sc3ccccc32)cn1. The lowest BCUT2D eigenvalue weighted by molar-refractivity contribution is 0.567. The van der Waals surface area contributed by atoms with Crippen LogP contribution in [0.5, 0.6) is 0 Å². The van der Waals surface area contributed by atoms with Gasteiger partial charge in [-0.2, -0.15) is 5.10 Å². The Hall–Kier alpha value is -2.34. The second kappa shape index (κ2) is 7.11. The summed E-state index contributed by atoms with van der Waals surface area (Å²) in [6.07, 6.45) is 4.66. The zero-order valence-electron chi connectivity index (χ0n) is 14.4. The van der Waals surface area contributed by atoms with Gasteiger partial charge in [0.05, 0.1) is 11.9 Å². The molecule has 0 aliphatic carbocycles. The van der Waals surface area contributed by atoms with E-state index in [0.717, 1.165) is 41.7 Å². The summed E-state index contributed by atoms with van der Waals surface area (Å²) in [5.41, 5.74) is 2.85. The fraction of sp³-hybridized carbons (Fsp3) is 0.250. The van der Waals surface area contributed by atoms with Gasteiger partial charge >= 0.3 is 0 Å². The molecule has 2 aromatic carbocycles. The van der Waals surface area contributed by atoms with E-state index in [1.807, 2.05) is 31.6 Å². The standard InChI is InChI=1S/C20H19F2N3S/c1-24-12-14(11-23-24)13-25-9-8-19(16-7-6-15(21)10-17(16)22)26-20-5-3-2-4-18(20)25/h2-7,10-12,19H,8-9,13H2,1H3. The van der Waals surface area contributed by atoms with Crippen molar-refractivity contribution in [1.82, 2.24) is 9.78 Å². The molecule has 6 heteroatoms. The van der Waals surface area contributed by atoms with E-state index in [-0.39, 0.29) is 5.25 Å². The maximum atomic E-state index is 14.3. The molecular formula is C20H19F2N3S. The summed E-state index contributed by atoms with van der Waals surface area (Å²) in [4.78, 5) is 3.42. The van der Waals surface area contributed by atoms with Gasteiger partial charge in [0.15, 0.2) is 0 Å². The van der Waals surface area contributed by atoms with Crippen molar-refractivity contribution in [1.29, 1.82) is 0 Å². The molecule has 1 aliphatic heterocycles. The number of benzene rings is 2. The van der Waals surface area contributed by atoms with Crippen molar-refractivity contribution in [2.24, 2.45) is 7.05 Å². The molecule has 0 N–H and O–H groups in total. The van der Waals surface area contributed by atoms with E-state index in [1.54, 1.807) is 22.5 Å². The first-order chi connectivity index (χ1) is 12.6. The average Bonchev–Trinajstić information content (AvgIpc) is 2.94. The van der Waals surface area contributed by atoms with E-state index < -0.39 is 11.6 Å². The van der Waals surface area contributed by atoms with Crippen LogP contribution in [0.4, 0.5) is 14.5 Å². The lowest BCUT2D eigenvalue weighted by atomic mass is 10.1. The number of hydrogen-bond acceptors (Lipinski definition) is 3. The zero-order valence-corrected chi connectivity index (χ0v) is 15.2. The monoisotopic (exact) mass is 371 g/mol. The highest BCUT2D eigenvalue weighted by Crippen LogP contribution is 2.46. The van der Waals surface area contributed by atoms with Crippen LogP contribution in [-0.4, -0.2) is 16.3 Å². The van der Waals surface area contributed by atoms with Gasteiger partial charge < -0.3 is 4.90 Å². The third-order valence-corrected chi connectivity index (χ3v) is 5.95. The van der Waals surface area contributed by atoms with Crippen LogP contribution in [0.25, 0.3) is 0 Å². The van der Waals surface area contributed by atoms with E-state index in [2.05, 4.69) is 22.1 Å². The minimum Gasteiger partial charge on any atom is -0.366 e. The Morgan fingerprint density at radius 3 is 2.81 bits per heavy atom. The predicted molar refractivity (Wildman–Crippen MR) is 100 cm³/mol. The van der Waals surface area contributed by atoms with E-state index in [1.165, 1.54) is 6.07 Å². The minimum atomic E-state index is -0.538. The smallest absolute Gasteiger partial charge is 0.130 e. The molecule has 0 bridgehead atoms. The zero-order chi connectivity index (χ0) is 18.1.